The number of aromatic nitrogens is 1. The molecule has 0 amide bonds. The zero-order chi connectivity index (χ0) is 15.7. The highest BCUT2D eigenvalue weighted by molar-refractivity contribution is 7.90. The van der Waals surface area contributed by atoms with Gasteiger partial charge in [-0.3, -0.25) is 4.79 Å². The third-order valence-corrected chi connectivity index (χ3v) is 4.72. The summed E-state index contributed by atoms with van der Waals surface area (Å²) in [5.74, 6) is 0. The van der Waals surface area contributed by atoms with Gasteiger partial charge in [-0.1, -0.05) is 30.3 Å². The Labute approximate surface area is 128 Å². The number of nitrogens with zero attached hydrogens (tertiary/aromatic N) is 1. The van der Waals surface area contributed by atoms with E-state index in [1.165, 1.54) is 6.26 Å². The molecule has 0 atom stereocenters. The lowest BCUT2D eigenvalue weighted by atomic mass is 10.1. The van der Waals surface area contributed by atoms with Gasteiger partial charge in [0.2, 0.25) is 0 Å². The summed E-state index contributed by atoms with van der Waals surface area (Å²) < 4.78 is 24.5. The first-order valence-electron chi connectivity index (χ1n) is 6.82. The van der Waals surface area contributed by atoms with E-state index in [0.717, 1.165) is 10.9 Å². The Balaban J connectivity index is 1.97. The first-order chi connectivity index (χ1) is 10.4. The van der Waals surface area contributed by atoms with Gasteiger partial charge in [0, 0.05) is 17.8 Å². The van der Waals surface area contributed by atoms with Crippen LogP contribution < -0.4 is 5.56 Å². The molecule has 0 fully saturated rings. The Bertz CT molecular complexity index is 986. The van der Waals surface area contributed by atoms with Crippen molar-refractivity contribution in [1.29, 1.82) is 0 Å². The molecule has 0 bridgehead atoms. The largest absolute Gasteiger partial charge is 0.311 e. The van der Waals surface area contributed by atoms with Crippen LogP contribution in [0.3, 0.4) is 0 Å². The van der Waals surface area contributed by atoms with Crippen molar-refractivity contribution in [3.63, 3.8) is 0 Å². The summed E-state index contributed by atoms with van der Waals surface area (Å²) in [6, 6.07) is 16.0. The van der Waals surface area contributed by atoms with Gasteiger partial charge in [-0.25, -0.2) is 8.42 Å². The van der Waals surface area contributed by atoms with Crippen LogP contribution in [-0.4, -0.2) is 19.2 Å². The predicted octanol–water partition coefficient (Wildman–Crippen LogP) is 2.45. The zero-order valence-electron chi connectivity index (χ0n) is 12.1. The van der Waals surface area contributed by atoms with Crippen LogP contribution in [0.4, 0.5) is 0 Å². The minimum atomic E-state index is -3.20. The quantitative estimate of drug-likeness (QED) is 0.746. The molecule has 1 heterocycles. The Morgan fingerprint density at radius 3 is 2.32 bits per heavy atom. The van der Waals surface area contributed by atoms with Gasteiger partial charge < -0.3 is 4.57 Å². The molecule has 1 aromatic heterocycles. The fraction of sp³-hybridized carbons (Fsp3) is 0.118. The Kier molecular flexibility index (Phi) is 3.58. The fourth-order valence-electron chi connectivity index (χ4n) is 2.39. The lowest BCUT2D eigenvalue weighted by Gasteiger charge is -2.08. The van der Waals surface area contributed by atoms with Crippen molar-refractivity contribution in [2.75, 3.05) is 6.26 Å². The second-order valence-corrected chi connectivity index (χ2v) is 7.27. The van der Waals surface area contributed by atoms with Crippen molar-refractivity contribution in [2.45, 2.75) is 11.4 Å². The molecule has 0 saturated carbocycles. The smallest absolute Gasteiger partial charge is 0.258 e. The molecule has 2 aromatic carbocycles. The molecular formula is C17H15NO3S. The van der Waals surface area contributed by atoms with E-state index >= 15 is 0 Å². The van der Waals surface area contributed by atoms with E-state index in [4.69, 9.17) is 0 Å². The summed E-state index contributed by atoms with van der Waals surface area (Å²) in [6.07, 6.45) is 2.94. The molecule has 0 unspecified atom stereocenters. The third-order valence-electron chi connectivity index (χ3n) is 3.59. The highest BCUT2D eigenvalue weighted by Crippen LogP contribution is 2.12. The molecule has 3 rings (SSSR count). The van der Waals surface area contributed by atoms with Crippen LogP contribution in [-0.2, 0) is 16.4 Å². The van der Waals surface area contributed by atoms with Crippen molar-refractivity contribution in [3.8, 4) is 0 Å². The number of sulfone groups is 1. The van der Waals surface area contributed by atoms with Crippen LogP contribution in [0.1, 0.15) is 5.56 Å². The Hall–Kier alpha value is -2.40. The summed E-state index contributed by atoms with van der Waals surface area (Å²) in [6.45, 7) is 0.410. The lowest BCUT2D eigenvalue weighted by molar-refractivity contribution is 0.602. The van der Waals surface area contributed by atoms with Crippen LogP contribution in [0.2, 0.25) is 0 Å². The summed E-state index contributed by atoms with van der Waals surface area (Å²) >= 11 is 0. The van der Waals surface area contributed by atoms with E-state index in [1.807, 2.05) is 24.3 Å². The molecule has 0 N–H and O–H groups in total. The minimum absolute atomic E-state index is 0.0507. The number of hydrogen-bond donors (Lipinski definition) is 0. The van der Waals surface area contributed by atoms with Gasteiger partial charge in [-0.15, -0.1) is 0 Å². The van der Waals surface area contributed by atoms with E-state index in [0.29, 0.717) is 11.9 Å². The Morgan fingerprint density at radius 2 is 1.64 bits per heavy atom. The topological polar surface area (TPSA) is 56.1 Å². The molecule has 0 spiro atoms. The maximum atomic E-state index is 12.4. The number of hydrogen-bond acceptors (Lipinski definition) is 3. The molecular weight excluding hydrogens is 298 g/mol. The molecule has 3 aromatic rings. The first-order valence-corrected chi connectivity index (χ1v) is 8.71. The normalized spacial score (nSPS) is 11.7. The lowest BCUT2D eigenvalue weighted by Crippen LogP contribution is -2.19. The molecule has 0 saturated heterocycles. The average Bonchev–Trinajstić information content (AvgIpc) is 2.50. The van der Waals surface area contributed by atoms with Crippen molar-refractivity contribution < 1.29 is 8.42 Å². The highest BCUT2D eigenvalue weighted by Gasteiger charge is 2.07. The van der Waals surface area contributed by atoms with E-state index in [9.17, 15) is 13.2 Å². The van der Waals surface area contributed by atoms with E-state index in [1.54, 1.807) is 41.1 Å². The molecule has 22 heavy (non-hydrogen) atoms. The SMILES string of the molecule is CS(=O)(=O)c1ccc(Cn2ccc3ccccc3c2=O)cc1. The molecule has 0 radical (unpaired) electrons. The van der Waals surface area contributed by atoms with Crippen LogP contribution in [0, 0.1) is 0 Å². The van der Waals surface area contributed by atoms with Gasteiger partial charge in [-0.05, 0) is 35.2 Å². The summed E-state index contributed by atoms with van der Waals surface area (Å²) in [5.41, 5.74) is 0.829. The van der Waals surface area contributed by atoms with Gasteiger partial charge in [0.15, 0.2) is 9.84 Å². The molecule has 112 valence electrons. The van der Waals surface area contributed by atoms with E-state index in [-0.39, 0.29) is 10.5 Å². The number of fused-ring (bicyclic) bond motifs is 1. The van der Waals surface area contributed by atoms with Gasteiger partial charge >= 0.3 is 0 Å². The second kappa shape index (κ2) is 5.42. The molecule has 4 nitrogen and oxygen atoms in total. The minimum Gasteiger partial charge on any atom is -0.311 e. The summed E-state index contributed by atoms with van der Waals surface area (Å²) in [4.78, 5) is 12.7. The molecule has 0 aliphatic heterocycles. The van der Waals surface area contributed by atoms with Crippen LogP contribution in [0.15, 0.2) is 70.5 Å². The number of benzene rings is 2. The predicted molar refractivity (Wildman–Crippen MR) is 86.9 cm³/mol. The van der Waals surface area contributed by atoms with Gasteiger partial charge in [0.25, 0.3) is 5.56 Å². The average molecular weight is 313 g/mol. The molecule has 0 aliphatic rings. The van der Waals surface area contributed by atoms with Crippen molar-refractivity contribution >= 4 is 20.6 Å². The van der Waals surface area contributed by atoms with Crippen LogP contribution in [0.5, 0.6) is 0 Å². The number of pyridine rings is 1. The molecule has 0 aliphatic carbocycles. The van der Waals surface area contributed by atoms with Gasteiger partial charge in [0.05, 0.1) is 11.4 Å². The Morgan fingerprint density at radius 1 is 0.955 bits per heavy atom. The van der Waals surface area contributed by atoms with Crippen molar-refractivity contribution in [1.82, 2.24) is 4.57 Å². The van der Waals surface area contributed by atoms with E-state index in [2.05, 4.69) is 0 Å². The summed E-state index contributed by atoms with van der Waals surface area (Å²) in [5, 5.41) is 1.59. The van der Waals surface area contributed by atoms with Gasteiger partial charge in [-0.2, -0.15) is 0 Å². The van der Waals surface area contributed by atoms with Gasteiger partial charge in [0.1, 0.15) is 0 Å². The molecule has 5 heteroatoms. The maximum Gasteiger partial charge on any atom is 0.258 e. The van der Waals surface area contributed by atoms with Crippen LogP contribution in [0.25, 0.3) is 10.8 Å². The summed E-state index contributed by atoms with van der Waals surface area (Å²) in [7, 11) is -3.20. The zero-order valence-corrected chi connectivity index (χ0v) is 12.9. The standard InChI is InChI=1S/C17H15NO3S/c1-22(20,21)15-8-6-13(7-9-15)12-18-11-10-14-4-2-3-5-16(14)17(18)19/h2-11H,12H2,1H3. The maximum absolute atomic E-state index is 12.4. The number of rotatable bonds is 3. The van der Waals surface area contributed by atoms with Crippen molar-refractivity contribution in [2.24, 2.45) is 0 Å². The monoisotopic (exact) mass is 313 g/mol. The van der Waals surface area contributed by atoms with Crippen LogP contribution >= 0.6 is 0 Å². The highest BCUT2D eigenvalue weighted by atomic mass is 32.2. The fourth-order valence-corrected chi connectivity index (χ4v) is 3.02. The first kappa shape index (κ1) is 14.5. The van der Waals surface area contributed by atoms with E-state index < -0.39 is 9.84 Å². The second-order valence-electron chi connectivity index (χ2n) is 5.25. The third kappa shape index (κ3) is 2.80. The van der Waals surface area contributed by atoms with Crippen molar-refractivity contribution in [3.05, 3.63) is 76.7 Å².